The molecule has 0 N–H and O–H groups in total. The molecular weight excluding hydrogens is 320 g/mol. The highest BCUT2D eigenvalue weighted by Crippen LogP contribution is 2.36. The van der Waals surface area contributed by atoms with Crippen molar-refractivity contribution < 1.29 is 9.15 Å². The smallest absolute Gasteiger partial charge is 0.193 e. The van der Waals surface area contributed by atoms with Crippen LogP contribution in [-0.4, -0.2) is 16.9 Å². The summed E-state index contributed by atoms with van der Waals surface area (Å²) in [5, 5.41) is 5.61. The molecular formula is C19H22N2O2S. The van der Waals surface area contributed by atoms with Gasteiger partial charge in [0.2, 0.25) is 0 Å². The van der Waals surface area contributed by atoms with Crippen LogP contribution in [0.4, 0.5) is 0 Å². The molecule has 1 aromatic carbocycles. The molecule has 0 unspecified atom stereocenters. The van der Waals surface area contributed by atoms with Gasteiger partial charge in [0.25, 0.3) is 0 Å². The van der Waals surface area contributed by atoms with Crippen molar-refractivity contribution in [1.82, 2.24) is 9.78 Å². The van der Waals surface area contributed by atoms with Gasteiger partial charge in [-0.05, 0) is 55.7 Å². The van der Waals surface area contributed by atoms with Crippen molar-refractivity contribution in [2.24, 2.45) is 7.05 Å². The van der Waals surface area contributed by atoms with Gasteiger partial charge in [-0.25, -0.2) is 0 Å². The highest BCUT2D eigenvalue weighted by molar-refractivity contribution is 7.71. The summed E-state index contributed by atoms with van der Waals surface area (Å²) in [6, 6.07) is 6.12. The minimum absolute atomic E-state index is 0.410. The summed E-state index contributed by atoms with van der Waals surface area (Å²) in [5.74, 6) is 1.19. The van der Waals surface area contributed by atoms with E-state index in [2.05, 4.69) is 25.0 Å². The number of hydrogen-bond donors (Lipinski definition) is 0. The fraction of sp³-hybridized carbons (Fsp3) is 0.368. The zero-order valence-electron chi connectivity index (χ0n) is 14.9. The van der Waals surface area contributed by atoms with Crippen LogP contribution in [-0.2, 0) is 7.05 Å². The molecule has 0 saturated carbocycles. The average Bonchev–Trinajstić information content (AvgIpc) is 2.93. The standard InChI is InChI=1S/C19H22N2O2S/c1-10(2)15-9-14(20-21(15)5)13-7-16(22-6)18-11(3)12(4)19(24)23-17(18)8-13/h7-10H,1-6H3. The molecule has 0 radical (unpaired) electrons. The molecule has 2 aromatic heterocycles. The monoisotopic (exact) mass is 342 g/mol. The fourth-order valence-electron chi connectivity index (χ4n) is 3.03. The van der Waals surface area contributed by atoms with Gasteiger partial charge in [-0.3, -0.25) is 4.68 Å². The van der Waals surface area contributed by atoms with Gasteiger partial charge in [-0.15, -0.1) is 0 Å². The Hall–Kier alpha value is -2.14. The second-order valence-corrected chi connectivity index (χ2v) is 6.79. The normalized spacial score (nSPS) is 11.5. The van der Waals surface area contributed by atoms with Crippen LogP contribution < -0.4 is 4.74 Å². The number of aromatic nitrogens is 2. The second kappa shape index (κ2) is 6.06. The molecule has 0 amide bonds. The van der Waals surface area contributed by atoms with E-state index in [9.17, 15) is 0 Å². The second-order valence-electron chi connectivity index (χ2n) is 6.42. The highest BCUT2D eigenvalue weighted by Gasteiger charge is 2.16. The van der Waals surface area contributed by atoms with Crippen molar-refractivity contribution in [1.29, 1.82) is 0 Å². The highest BCUT2D eigenvalue weighted by atomic mass is 32.1. The maximum Gasteiger partial charge on any atom is 0.193 e. The van der Waals surface area contributed by atoms with Crippen LogP contribution in [0, 0.1) is 18.6 Å². The first kappa shape index (κ1) is 16.7. The molecule has 4 nitrogen and oxygen atoms in total. The molecule has 0 spiro atoms. The third kappa shape index (κ3) is 2.63. The minimum Gasteiger partial charge on any atom is -0.496 e. The molecule has 126 valence electrons. The van der Waals surface area contributed by atoms with Crippen LogP contribution in [0.25, 0.3) is 22.2 Å². The number of rotatable bonds is 3. The number of benzene rings is 1. The molecule has 0 bridgehead atoms. The molecule has 0 fully saturated rings. The van der Waals surface area contributed by atoms with Crippen LogP contribution in [0.3, 0.4) is 0 Å². The maximum absolute atomic E-state index is 5.86. The molecule has 0 aliphatic carbocycles. The molecule has 0 aliphatic heterocycles. The summed E-state index contributed by atoms with van der Waals surface area (Å²) in [7, 11) is 3.64. The Kier molecular flexibility index (Phi) is 4.22. The fourth-order valence-corrected chi connectivity index (χ4v) is 3.27. The van der Waals surface area contributed by atoms with Crippen LogP contribution in [0.1, 0.15) is 36.6 Å². The van der Waals surface area contributed by atoms with Crippen molar-refractivity contribution in [2.75, 3.05) is 7.11 Å². The Balaban J connectivity index is 2.29. The van der Waals surface area contributed by atoms with Crippen LogP contribution in [0.5, 0.6) is 5.75 Å². The number of methoxy groups -OCH3 is 1. The van der Waals surface area contributed by atoms with Gasteiger partial charge in [0.1, 0.15) is 11.3 Å². The first-order valence-electron chi connectivity index (χ1n) is 7.99. The topological polar surface area (TPSA) is 40.2 Å². The maximum atomic E-state index is 5.86. The molecule has 0 atom stereocenters. The lowest BCUT2D eigenvalue weighted by molar-refractivity contribution is 0.418. The molecule has 0 saturated heterocycles. The third-order valence-electron chi connectivity index (χ3n) is 4.54. The lowest BCUT2D eigenvalue weighted by Crippen LogP contribution is -1.99. The molecule has 3 rings (SSSR count). The summed E-state index contributed by atoms with van der Waals surface area (Å²) < 4.78 is 13.9. The van der Waals surface area contributed by atoms with E-state index in [1.807, 2.05) is 37.7 Å². The summed E-state index contributed by atoms with van der Waals surface area (Å²) in [6.07, 6.45) is 0. The van der Waals surface area contributed by atoms with Gasteiger partial charge >= 0.3 is 0 Å². The van der Waals surface area contributed by atoms with E-state index in [-0.39, 0.29) is 0 Å². The van der Waals surface area contributed by atoms with Gasteiger partial charge in [0.05, 0.1) is 18.2 Å². The van der Waals surface area contributed by atoms with E-state index >= 15 is 0 Å². The molecule has 2 heterocycles. The quantitative estimate of drug-likeness (QED) is 0.605. The van der Waals surface area contributed by atoms with Crippen LogP contribution in [0.2, 0.25) is 0 Å². The number of fused-ring (bicyclic) bond motifs is 1. The summed E-state index contributed by atoms with van der Waals surface area (Å²) >= 11 is 5.34. The van der Waals surface area contributed by atoms with E-state index < -0.39 is 0 Å². The molecule has 5 heteroatoms. The van der Waals surface area contributed by atoms with E-state index in [0.717, 1.165) is 39.1 Å². The SMILES string of the molecule is COc1cc(-c2cc(C(C)C)n(C)n2)cc2oc(=S)c(C)c(C)c12. The molecule has 24 heavy (non-hydrogen) atoms. The molecule has 0 aliphatic rings. The van der Waals surface area contributed by atoms with E-state index in [0.29, 0.717) is 10.6 Å². The summed E-state index contributed by atoms with van der Waals surface area (Å²) in [4.78, 5) is 0. The minimum atomic E-state index is 0.410. The van der Waals surface area contributed by atoms with Crippen molar-refractivity contribution in [3.8, 4) is 17.0 Å². The average molecular weight is 342 g/mol. The lowest BCUT2D eigenvalue weighted by Gasteiger charge is -2.11. The first-order valence-corrected chi connectivity index (χ1v) is 8.40. The van der Waals surface area contributed by atoms with Crippen LogP contribution in [0.15, 0.2) is 22.6 Å². The summed E-state index contributed by atoms with van der Waals surface area (Å²) in [6.45, 7) is 8.34. The van der Waals surface area contributed by atoms with E-state index in [1.165, 1.54) is 5.69 Å². The van der Waals surface area contributed by atoms with Gasteiger partial charge < -0.3 is 9.15 Å². The lowest BCUT2D eigenvalue weighted by atomic mass is 10.0. The number of aryl methyl sites for hydroxylation is 2. The Labute approximate surface area is 147 Å². The van der Waals surface area contributed by atoms with Gasteiger partial charge in [0, 0.05) is 23.9 Å². The van der Waals surface area contributed by atoms with Crippen molar-refractivity contribution in [3.63, 3.8) is 0 Å². The first-order chi connectivity index (χ1) is 11.3. The predicted molar refractivity (Wildman–Crippen MR) is 99.4 cm³/mol. The molecule has 3 aromatic rings. The van der Waals surface area contributed by atoms with E-state index in [1.54, 1.807) is 7.11 Å². The van der Waals surface area contributed by atoms with Crippen LogP contribution >= 0.6 is 12.2 Å². The Bertz CT molecular complexity index is 983. The predicted octanol–water partition coefficient (Wildman–Crippen LogP) is 5.31. The van der Waals surface area contributed by atoms with Gasteiger partial charge in [-0.1, -0.05) is 13.8 Å². The largest absolute Gasteiger partial charge is 0.496 e. The number of ether oxygens (including phenoxy) is 1. The number of hydrogen-bond acceptors (Lipinski definition) is 4. The third-order valence-corrected chi connectivity index (χ3v) is 4.93. The van der Waals surface area contributed by atoms with Gasteiger partial charge in [-0.2, -0.15) is 5.10 Å². The Morgan fingerprint density at radius 2 is 1.88 bits per heavy atom. The summed E-state index contributed by atoms with van der Waals surface area (Å²) in [5.41, 5.74) is 5.85. The van der Waals surface area contributed by atoms with E-state index in [4.69, 9.17) is 21.4 Å². The number of nitrogens with zero attached hydrogens (tertiary/aromatic N) is 2. The van der Waals surface area contributed by atoms with Crippen molar-refractivity contribution in [2.45, 2.75) is 33.6 Å². The zero-order valence-corrected chi connectivity index (χ0v) is 15.7. The van der Waals surface area contributed by atoms with Crippen molar-refractivity contribution >= 4 is 23.2 Å². The van der Waals surface area contributed by atoms with Gasteiger partial charge in [0.15, 0.2) is 4.71 Å². The van der Waals surface area contributed by atoms with Crippen molar-refractivity contribution in [3.05, 3.63) is 39.7 Å². The Morgan fingerprint density at radius 1 is 1.17 bits per heavy atom. The zero-order chi connectivity index (χ0) is 17.6. The Morgan fingerprint density at radius 3 is 2.46 bits per heavy atom.